The van der Waals surface area contributed by atoms with Crippen LogP contribution in [0.5, 0.6) is 0 Å². The summed E-state index contributed by atoms with van der Waals surface area (Å²) >= 11 is 0. The Bertz CT molecular complexity index is 388. The Balaban J connectivity index is 2.01. The molecule has 0 bridgehead atoms. The molecule has 1 aromatic rings. The molecule has 1 heterocycles. The van der Waals surface area contributed by atoms with Crippen molar-refractivity contribution >= 4 is 5.84 Å². The van der Waals surface area contributed by atoms with Gasteiger partial charge in [0.05, 0.1) is 6.61 Å². The van der Waals surface area contributed by atoms with E-state index in [-0.39, 0.29) is 12.4 Å². The van der Waals surface area contributed by atoms with Gasteiger partial charge in [-0.2, -0.15) is 0 Å². The lowest BCUT2D eigenvalue weighted by atomic mass is 10.1. The second kappa shape index (κ2) is 5.29. The van der Waals surface area contributed by atoms with Crippen LogP contribution < -0.4 is 5.73 Å². The van der Waals surface area contributed by atoms with E-state index in [1.165, 1.54) is 5.56 Å². The number of likely N-dealkylation sites (tertiary alicyclic amines) is 1. The first-order valence-corrected chi connectivity index (χ1v) is 5.99. The van der Waals surface area contributed by atoms with Gasteiger partial charge >= 0.3 is 0 Å². The van der Waals surface area contributed by atoms with E-state index in [0.717, 1.165) is 31.5 Å². The summed E-state index contributed by atoms with van der Waals surface area (Å²) in [6.07, 6.45) is 2.25. The van der Waals surface area contributed by atoms with Crippen LogP contribution in [0, 0.1) is 5.41 Å². The number of nitrogen functional groups attached to an aromatic ring is 1. The summed E-state index contributed by atoms with van der Waals surface area (Å²) in [5.41, 5.74) is 7.37. The fraction of sp³-hybridized carbons (Fsp3) is 0.462. The highest BCUT2D eigenvalue weighted by Gasteiger charge is 2.23. The highest BCUT2D eigenvalue weighted by atomic mass is 16.3. The number of nitrogens with two attached hydrogens (primary N) is 1. The molecule has 0 amide bonds. The van der Waals surface area contributed by atoms with E-state index in [9.17, 15) is 5.11 Å². The molecule has 0 aromatic heterocycles. The normalized spacial score (nSPS) is 20.6. The molecule has 1 atom stereocenters. The molecular weight excluding hydrogens is 214 g/mol. The van der Waals surface area contributed by atoms with Crippen molar-refractivity contribution in [1.29, 1.82) is 5.41 Å². The Morgan fingerprint density at radius 1 is 1.41 bits per heavy atom. The maximum absolute atomic E-state index is 9.25. The van der Waals surface area contributed by atoms with Gasteiger partial charge in [-0.25, -0.2) is 0 Å². The number of amidine groups is 1. The maximum Gasteiger partial charge on any atom is 0.122 e. The van der Waals surface area contributed by atoms with E-state index in [0.29, 0.717) is 6.04 Å². The standard InChI is InChI=1S/C13H19N3O/c14-13(15)11-5-3-10(4-6-11)8-16-7-1-2-12(16)9-17/h3-6,12,17H,1-2,7-9H2,(H3,14,15). The zero-order chi connectivity index (χ0) is 12.3. The molecule has 1 fully saturated rings. The Hall–Kier alpha value is -1.39. The summed E-state index contributed by atoms with van der Waals surface area (Å²) in [6.45, 7) is 2.16. The van der Waals surface area contributed by atoms with Crippen LogP contribution in [0.2, 0.25) is 0 Å². The van der Waals surface area contributed by atoms with Crippen LogP contribution in [0.15, 0.2) is 24.3 Å². The summed E-state index contributed by atoms with van der Waals surface area (Å²) in [7, 11) is 0. The van der Waals surface area contributed by atoms with Gasteiger partial charge in [0.1, 0.15) is 5.84 Å². The molecule has 92 valence electrons. The van der Waals surface area contributed by atoms with Crippen molar-refractivity contribution in [3.63, 3.8) is 0 Å². The zero-order valence-corrected chi connectivity index (χ0v) is 9.89. The predicted octanol–water partition coefficient (Wildman–Crippen LogP) is 0.927. The van der Waals surface area contributed by atoms with E-state index in [1.54, 1.807) is 0 Å². The van der Waals surface area contributed by atoms with Crippen molar-refractivity contribution < 1.29 is 5.11 Å². The average Bonchev–Trinajstić information content (AvgIpc) is 2.77. The van der Waals surface area contributed by atoms with Gasteiger partial charge in [0, 0.05) is 18.2 Å². The van der Waals surface area contributed by atoms with Crippen molar-refractivity contribution in [3.05, 3.63) is 35.4 Å². The summed E-state index contributed by atoms with van der Waals surface area (Å²) in [5.74, 6) is 0.103. The predicted molar refractivity (Wildman–Crippen MR) is 68.0 cm³/mol. The van der Waals surface area contributed by atoms with Crippen LogP contribution in [0.4, 0.5) is 0 Å². The third-order valence-corrected chi connectivity index (χ3v) is 3.36. The Morgan fingerprint density at radius 3 is 2.71 bits per heavy atom. The van der Waals surface area contributed by atoms with Crippen LogP contribution >= 0.6 is 0 Å². The Morgan fingerprint density at radius 2 is 2.12 bits per heavy atom. The third-order valence-electron chi connectivity index (χ3n) is 3.36. The van der Waals surface area contributed by atoms with E-state index < -0.39 is 0 Å². The van der Waals surface area contributed by atoms with Crippen LogP contribution in [-0.4, -0.2) is 35.0 Å². The number of hydrogen-bond acceptors (Lipinski definition) is 3. The lowest BCUT2D eigenvalue weighted by molar-refractivity contribution is 0.153. The summed E-state index contributed by atoms with van der Waals surface area (Å²) < 4.78 is 0. The minimum absolute atomic E-state index is 0.103. The monoisotopic (exact) mass is 233 g/mol. The molecule has 1 saturated heterocycles. The molecule has 1 unspecified atom stereocenters. The number of aliphatic hydroxyl groups excluding tert-OH is 1. The van der Waals surface area contributed by atoms with E-state index in [2.05, 4.69) is 4.90 Å². The quantitative estimate of drug-likeness (QED) is 0.535. The van der Waals surface area contributed by atoms with Crippen molar-refractivity contribution in [2.24, 2.45) is 5.73 Å². The number of hydrogen-bond donors (Lipinski definition) is 3. The maximum atomic E-state index is 9.25. The highest BCUT2D eigenvalue weighted by Crippen LogP contribution is 2.19. The van der Waals surface area contributed by atoms with Gasteiger partial charge < -0.3 is 10.8 Å². The lowest BCUT2D eigenvalue weighted by Gasteiger charge is -2.22. The summed E-state index contributed by atoms with van der Waals surface area (Å²) in [6, 6.07) is 8.07. The first-order chi connectivity index (χ1) is 8.20. The largest absolute Gasteiger partial charge is 0.395 e. The van der Waals surface area contributed by atoms with Crippen LogP contribution in [-0.2, 0) is 6.54 Å². The number of nitrogens with one attached hydrogen (secondary N) is 1. The fourth-order valence-corrected chi connectivity index (χ4v) is 2.33. The molecule has 1 aliphatic heterocycles. The van der Waals surface area contributed by atoms with E-state index in [4.69, 9.17) is 11.1 Å². The first-order valence-electron chi connectivity index (χ1n) is 5.99. The molecule has 0 spiro atoms. The smallest absolute Gasteiger partial charge is 0.122 e. The number of aliphatic hydroxyl groups is 1. The topological polar surface area (TPSA) is 73.3 Å². The number of rotatable bonds is 4. The lowest BCUT2D eigenvalue weighted by Crippen LogP contribution is -2.31. The summed E-state index contributed by atoms with van der Waals surface area (Å²) in [5, 5.41) is 16.6. The van der Waals surface area contributed by atoms with Crippen molar-refractivity contribution in [1.82, 2.24) is 4.90 Å². The van der Waals surface area contributed by atoms with Gasteiger partial charge in [-0.05, 0) is 24.9 Å². The fourth-order valence-electron chi connectivity index (χ4n) is 2.33. The molecule has 4 heteroatoms. The second-order valence-corrected chi connectivity index (χ2v) is 4.56. The van der Waals surface area contributed by atoms with Gasteiger partial charge in [0.15, 0.2) is 0 Å². The minimum atomic E-state index is 0.103. The average molecular weight is 233 g/mol. The molecule has 17 heavy (non-hydrogen) atoms. The molecule has 0 saturated carbocycles. The van der Waals surface area contributed by atoms with Crippen molar-refractivity contribution in [3.8, 4) is 0 Å². The van der Waals surface area contributed by atoms with Gasteiger partial charge in [-0.1, -0.05) is 24.3 Å². The highest BCUT2D eigenvalue weighted by molar-refractivity contribution is 5.94. The molecule has 0 radical (unpaired) electrons. The van der Waals surface area contributed by atoms with Gasteiger partial charge in [-0.3, -0.25) is 10.3 Å². The van der Waals surface area contributed by atoms with Crippen LogP contribution in [0.3, 0.4) is 0 Å². The molecule has 4 N–H and O–H groups in total. The van der Waals surface area contributed by atoms with Crippen molar-refractivity contribution in [2.75, 3.05) is 13.2 Å². The second-order valence-electron chi connectivity index (χ2n) is 4.56. The SMILES string of the molecule is N=C(N)c1ccc(CN2CCCC2CO)cc1. The third kappa shape index (κ3) is 2.84. The van der Waals surface area contributed by atoms with Crippen molar-refractivity contribution in [2.45, 2.75) is 25.4 Å². The molecule has 2 rings (SSSR count). The first kappa shape index (κ1) is 12.1. The van der Waals surface area contributed by atoms with E-state index >= 15 is 0 Å². The molecule has 4 nitrogen and oxygen atoms in total. The zero-order valence-electron chi connectivity index (χ0n) is 9.89. The number of nitrogens with zero attached hydrogens (tertiary/aromatic N) is 1. The Labute approximate surface area is 102 Å². The van der Waals surface area contributed by atoms with Gasteiger partial charge in [-0.15, -0.1) is 0 Å². The molecule has 1 aromatic carbocycles. The van der Waals surface area contributed by atoms with E-state index in [1.807, 2.05) is 24.3 Å². The van der Waals surface area contributed by atoms with Gasteiger partial charge in [0.25, 0.3) is 0 Å². The van der Waals surface area contributed by atoms with Crippen LogP contribution in [0.1, 0.15) is 24.0 Å². The summed E-state index contributed by atoms with van der Waals surface area (Å²) in [4.78, 5) is 2.31. The molecular formula is C13H19N3O. The minimum Gasteiger partial charge on any atom is -0.395 e. The molecule has 1 aliphatic rings. The number of benzene rings is 1. The van der Waals surface area contributed by atoms with Crippen LogP contribution in [0.25, 0.3) is 0 Å². The van der Waals surface area contributed by atoms with Gasteiger partial charge in [0.2, 0.25) is 0 Å². The Kier molecular flexibility index (Phi) is 3.76. The molecule has 0 aliphatic carbocycles.